The monoisotopic (exact) mass is 203 g/mol. The lowest BCUT2D eigenvalue weighted by molar-refractivity contribution is 0.317. The lowest BCUT2D eigenvalue weighted by Crippen LogP contribution is -1.98. The van der Waals surface area contributed by atoms with Crippen molar-refractivity contribution in [2.24, 2.45) is 4.99 Å². The van der Waals surface area contributed by atoms with E-state index in [2.05, 4.69) is 24.0 Å². The maximum atomic E-state index is 5.53. The highest BCUT2D eigenvalue weighted by Gasteiger charge is 2.08. The second-order valence-electron chi connectivity index (χ2n) is 3.80. The van der Waals surface area contributed by atoms with E-state index in [9.17, 15) is 0 Å². The van der Waals surface area contributed by atoms with Crippen LogP contribution in [0.25, 0.3) is 0 Å². The predicted molar refractivity (Wildman–Crippen MR) is 62.9 cm³/mol. The summed E-state index contributed by atoms with van der Waals surface area (Å²) in [5, 5.41) is 0. The van der Waals surface area contributed by atoms with E-state index in [0.29, 0.717) is 0 Å². The van der Waals surface area contributed by atoms with E-state index in [0.717, 1.165) is 31.7 Å². The van der Waals surface area contributed by atoms with Gasteiger partial charge in [0.1, 0.15) is 5.75 Å². The molecule has 0 unspecified atom stereocenters. The van der Waals surface area contributed by atoms with E-state index in [-0.39, 0.29) is 0 Å². The normalized spacial score (nSPS) is 15.1. The van der Waals surface area contributed by atoms with Crippen LogP contribution in [0.3, 0.4) is 0 Å². The first kappa shape index (κ1) is 10.2. The third kappa shape index (κ3) is 2.58. The molecule has 1 heterocycles. The Balaban J connectivity index is 2.03. The molecule has 0 aliphatic carbocycles. The van der Waals surface area contributed by atoms with Crippen molar-refractivity contribution in [2.45, 2.75) is 26.2 Å². The fourth-order valence-corrected chi connectivity index (χ4v) is 1.74. The smallest absolute Gasteiger partial charge is 0.119 e. The van der Waals surface area contributed by atoms with Crippen molar-refractivity contribution in [3.63, 3.8) is 0 Å². The maximum Gasteiger partial charge on any atom is 0.119 e. The van der Waals surface area contributed by atoms with Crippen molar-refractivity contribution in [3.8, 4) is 5.75 Å². The first-order valence-corrected chi connectivity index (χ1v) is 5.66. The zero-order chi connectivity index (χ0) is 10.5. The molecule has 0 N–H and O–H groups in total. The second-order valence-corrected chi connectivity index (χ2v) is 3.80. The van der Waals surface area contributed by atoms with Crippen molar-refractivity contribution >= 4 is 5.71 Å². The zero-order valence-corrected chi connectivity index (χ0v) is 9.20. The standard InChI is InChI=1S/C13H17NO/c1-2-10-15-12-7-5-11(6-8-12)13-4-3-9-14-13/h5-8H,2-4,9-10H2,1H3. The molecule has 15 heavy (non-hydrogen) atoms. The number of benzene rings is 1. The first-order chi connectivity index (χ1) is 7.40. The highest BCUT2D eigenvalue weighted by atomic mass is 16.5. The summed E-state index contributed by atoms with van der Waals surface area (Å²) in [6, 6.07) is 8.28. The van der Waals surface area contributed by atoms with Crippen molar-refractivity contribution in [3.05, 3.63) is 29.8 Å². The molecule has 2 heteroatoms. The van der Waals surface area contributed by atoms with Crippen molar-refractivity contribution in [2.75, 3.05) is 13.2 Å². The van der Waals surface area contributed by atoms with Gasteiger partial charge in [-0.1, -0.05) is 6.92 Å². The molecular formula is C13H17NO. The average Bonchev–Trinajstić information content (AvgIpc) is 2.80. The highest BCUT2D eigenvalue weighted by molar-refractivity contribution is 6.01. The van der Waals surface area contributed by atoms with Gasteiger partial charge in [-0.3, -0.25) is 4.99 Å². The number of rotatable bonds is 4. The Kier molecular flexibility index (Phi) is 3.38. The van der Waals surface area contributed by atoms with Crippen LogP contribution in [0, 0.1) is 0 Å². The third-order valence-electron chi connectivity index (χ3n) is 2.53. The Morgan fingerprint density at radius 1 is 1.27 bits per heavy atom. The largest absolute Gasteiger partial charge is 0.494 e. The molecule has 0 saturated heterocycles. The summed E-state index contributed by atoms with van der Waals surface area (Å²) >= 11 is 0. The molecule has 1 aliphatic rings. The van der Waals surface area contributed by atoms with Gasteiger partial charge in [-0.15, -0.1) is 0 Å². The Bertz CT molecular complexity index is 340. The Labute approximate surface area is 91.0 Å². The Morgan fingerprint density at radius 2 is 2.07 bits per heavy atom. The summed E-state index contributed by atoms with van der Waals surface area (Å²) in [6.07, 6.45) is 3.37. The van der Waals surface area contributed by atoms with Gasteiger partial charge >= 0.3 is 0 Å². The quantitative estimate of drug-likeness (QED) is 0.737. The van der Waals surface area contributed by atoms with Crippen LogP contribution in [0.2, 0.25) is 0 Å². The van der Waals surface area contributed by atoms with Gasteiger partial charge in [0.25, 0.3) is 0 Å². The number of nitrogens with zero attached hydrogens (tertiary/aromatic N) is 1. The highest BCUT2D eigenvalue weighted by Crippen LogP contribution is 2.17. The van der Waals surface area contributed by atoms with E-state index in [1.54, 1.807) is 0 Å². The minimum Gasteiger partial charge on any atom is -0.494 e. The van der Waals surface area contributed by atoms with E-state index in [1.807, 2.05) is 12.1 Å². The molecular weight excluding hydrogens is 186 g/mol. The summed E-state index contributed by atoms with van der Waals surface area (Å²) in [4.78, 5) is 4.47. The molecule has 1 aliphatic heterocycles. The topological polar surface area (TPSA) is 21.6 Å². The molecule has 0 amide bonds. The van der Waals surface area contributed by atoms with E-state index in [1.165, 1.54) is 17.7 Å². The lowest BCUT2D eigenvalue weighted by Gasteiger charge is -2.05. The molecule has 80 valence electrons. The zero-order valence-electron chi connectivity index (χ0n) is 9.20. The fourth-order valence-electron chi connectivity index (χ4n) is 1.74. The van der Waals surface area contributed by atoms with Gasteiger partial charge in [-0.25, -0.2) is 0 Å². The van der Waals surface area contributed by atoms with Crippen LogP contribution >= 0.6 is 0 Å². The summed E-state index contributed by atoms with van der Waals surface area (Å²) in [7, 11) is 0. The SMILES string of the molecule is CCCOc1ccc(C2=NCCC2)cc1. The van der Waals surface area contributed by atoms with Gasteiger partial charge in [0.05, 0.1) is 6.61 Å². The molecule has 0 fully saturated rings. The van der Waals surface area contributed by atoms with Crippen molar-refractivity contribution < 1.29 is 4.74 Å². The van der Waals surface area contributed by atoms with E-state index in [4.69, 9.17) is 4.74 Å². The van der Waals surface area contributed by atoms with Gasteiger partial charge in [0.2, 0.25) is 0 Å². The third-order valence-corrected chi connectivity index (χ3v) is 2.53. The summed E-state index contributed by atoms with van der Waals surface area (Å²) in [5.74, 6) is 0.958. The summed E-state index contributed by atoms with van der Waals surface area (Å²) < 4.78 is 5.53. The number of aliphatic imine (C=N–C) groups is 1. The van der Waals surface area contributed by atoms with Crippen molar-refractivity contribution in [1.29, 1.82) is 0 Å². The molecule has 2 rings (SSSR count). The van der Waals surface area contributed by atoms with Gasteiger partial charge in [0, 0.05) is 12.3 Å². The maximum absolute atomic E-state index is 5.53. The Hall–Kier alpha value is -1.31. The molecule has 1 aromatic carbocycles. The van der Waals surface area contributed by atoms with Gasteiger partial charge in [-0.2, -0.15) is 0 Å². The minimum absolute atomic E-state index is 0.792. The van der Waals surface area contributed by atoms with E-state index >= 15 is 0 Å². The van der Waals surface area contributed by atoms with Crippen LogP contribution in [0.1, 0.15) is 31.7 Å². The summed E-state index contributed by atoms with van der Waals surface area (Å²) in [6.45, 7) is 3.89. The molecule has 2 nitrogen and oxygen atoms in total. The molecule has 0 saturated carbocycles. The number of ether oxygens (including phenoxy) is 1. The molecule has 1 aromatic rings. The number of hydrogen-bond acceptors (Lipinski definition) is 2. The van der Waals surface area contributed by atoms with Crippen LogP contribution in [-0.2, 0) is 0 Å². The van der Waals surface area contributed by atoms with Crippen LogP contribution in [0.15, 0.2) is 29.3 Å². The first-order valence-electron chi connectivity index (χ1n) is 5.66. The lowest BCUT2D eigenvalue weighted by atomic mass is 10.1. The van der Waals surface area contributed by atoms with Gasteiger partial charge < -0.3 is 4.74 Å². The minimum atomic E-state index is 0.792. The molecule has 0 bridgehead atoms. The molecule has 0 spiro atoms. The molecule has 0 aromatic heterocycles. The predicted octanol–water partition coefficient (Wildman–Crippen LogP) is 3.06. The van der Waals surface area contributed by atoms with Crippen molar-refractivity contribution in [1.82, 2.24) is 0 Å². The van der Waals surface area contributed by atoms with Crippen LogP contribution in [-0.4, -0.2) is 18.9 Å². The fraction of sp³-hybridized carbons (Fsp3) is 0.462. The van der Waals surface area contributed by atoms with Crippen LogP contribution in [0.4, 0.5) is 0 Å². The summed E-state index contributed by atoms with van der Waals surface area (Å²) in [5.41, 5.74) is 2.49. The molecule has 0 atom stereocenters. The molecule has 0 radical (unpaired) electrons. The van der Waals surface area contributed by atoms with Gasteiger partial charge in [-0.05, 0) is 49.1 Å². The van der Waals surface area contributed by atoms with Crippen LogP contribution < -0.4 is 4.74 Å². The van der Waals surface area contributed by atoms with Gasteiger partial charge in [0.15, 0.2) is 0 Å². The van der Waals surface area contributed by atoms with Crippen LogP contribution in [0.5, 0.6) is 5.75 Å². The Morgan fingerprint density at radius 3 is 2.67 bits per heavy atom. The number of hydrogen-bond donors (Lipinski definition) is 0. The second kappa shape index (κ2) is 4.96. The van der Waals surface area contributed by atoms with E-state index < -0.39 is 0 Å². The average molecular weight is 203 g/mol.